The van der Waals surface area contributed by atoms with E-state index in [0.29, 0.717) is 12.6 Å². The molecular formula is C12H16F2N2O. The maximum atomic E-state index is 13.4. The van der Waals surface area contributed by atoms with Crippen molar-refractivity contribution < 1.29 is 13.6 Å². The molecule has 0 aromatic heterocycles. The van der Waals surface area contributed by atoms with Crippen molar-refractivity contribution in [3.8, 4) is 0 Å². The summed E-state index contributed by atoms with van der Waals surface area (Å²) in [6.07, 6.45) is 0. The third kappa shape index (κ3) is 3.69. The number of halogens is 2. The first-order chi connectivity index (χ1) is 7.70. The van der Waals surface area contributed by atoms with Crippen molar-refractivity contribution in [3.63, 3.8) is 0 Å². The molecule has 5 heteroatoms. The second-order valence-corrected chi connectivity index (χ2v) is 5.09. The molecule has 0 spiro atoms. The van der Waals surface area contributed by atoms with Gasteiger partial charge in [0.25, 0.3) is 5.91 Å². The molecule has 1 rings (SSSR count). The zero-order valence-electron chi connectivity index (χ0n) is 10.1. The SMILES string of the molecule is CC(C)(C)CNc1cc(C(N)=O)c(F)cc1F. The number of benzene rings is 1. The van der Waals surface area contributed by atoms with Crippen LogP contribution in [0, 0.1) is 17.0 Å². The first-order valence-corrected chi connectivity index (χ1v) is 5.23. The highest BCUT2D eigenvalue weighted by Gasteiger charge is 2.16. The number of nitrogens with one attached hydrogen (secondary N) is 1. The van der Waals surface area contributed by atoms with Crippen LogP contribution in [0.4, 0.5) is 14.5 Å². The second-order valence-electron chi connectivity index (χ2n) is 5.09. The number of rotatable bonds is 3. The van der Waals surface area contributed by atoms with Crippen LogP contribution in [0.2, 0.25) is 0 Å². The first-order valence-electron chi connectivity index (χ1n) is 5.23. The number of carbonyl (C=O) groups is 1. The Bertz CT molecular complexity index is 439. The Morgan fingerprint density at radius 3 is 2.35 bits per heavy atom. The molecule has 0 fully saturated rings. The Balaban J connectivity index is 3.00. The molecule has 0 radical (unpaired) electrons. The first kappa shape index (κ1) is 13.4. The average molecular weight is 242 g/mol. The van der Waals surface area contributed by atoms with E-state index in [-0.39, 0.29) is 16.7 Å². The molecule has 0 aliphatic rings. The fourth-order valence-corrected chi connectivity index (χ4v) is 1.23. The normalized spacial score (nSPS) is 11.4. The van der Waals surface area contributed by atoms with Gasteiger partial charge in [-0.1, -0.05) is 20.8 Å². The van der Waals surface area contributed by atoms with Gasteiger partial charge in [0.2, 0.25) is 0 Å². The fourth-order valence-electron chi connectivity index (χ4n) is 1.23. The summed E-state index contributed by atoms with van der Waals surface area (Å²) in [6, 6.07) is 1.75. The van der Waals surface area contributed by atoms with Crippen LogP contribution in [-0.2, 0) is 0 Å². The van der Waals surface area contributed by atoms with Crippen molar-refractivity contribution in [1.29, 1.82) is 0 Å². The van der Waals surface area contributed by atoms with E-state index in [1.165, 1.54) is 0 Å². The molecule has 3 nitrogen and oxygen atoms in total. The van der Waals surface area contributed by atoms with E-state index >= 15 is 0 Å². The van der Waals surface area contributed by atoms with Gasteiger partial charge < -0.3 is 11.1 Å². The van der Waals surface area contributed by atoms with E-state index < -0.39 is 17.5 Å². The number of nitrogens with two attached hydrogens (primary N) is 1. The summed E-state index contributed by atoms with van der Waals surface area (Å²) in [5.74, 6) is -2.60. The van der Waals surface area contributed by atoms with Crippen LogP contribution in [0.25, 0.3) is 0 Å². The lowest BCUT2D eigenvalue weighted by Gasteiger charge is -2.20. The topological polar surface area (TPSA) is 55.1 Å². The van der Waals surface area contributed by atoms with Crippen LogP contribution < -0.4 is 11.1 Å². The third-order valence-electron chi connectivity index (χ3n) is 2.13. The van der Waals surface area contributed by atoms with E-state index in [1.54, 1.807) is 0 Å². The van der Waals surface area contributed by atoms with E-state index in [4.69, 9.17) is 5.73 Å². The maximum absolute atomic E-state index is 13.4. The van der Waals surface area contributed by atoms with Crippen molar-refractivity contribution in [2.24, 2.45) is 11.1 Å². The van der Waals surface area contributed by atoms with Gasteiger partial charge in [-0.05, 0) is 11.5 Å². The Hall–Kier alpha value is -1.65. The van der Waals surface area contributed by atoms with Gasteiger partial charge in [-0.3, -0.25) is 4.79 Å². The summed E-state index contributed by atoms with van der Waals surface area (Å²) in [7, 11) is 0. The van der Waals surface area contributed by atoms with Crippen molar-refractivity contribution in [1.82, 2.24) is 0 Å². The van der Waals surface area contributed by atoms with Crippen molar-refractivity contribution in [3.05, 3.63) is 29.3 Å². The summed E-state index contributed by atoms with van der Waals surface area (Å²) < 4.78 is 26.6. The number of carbonyl (C=O) groups excluding carboxylic acids is 1. The van der Waals surface area contributed by atoms with Crippen molar-refractivity contribution in [2.75, 3.05) is 11.9 Å². The Morgan fingerprint density at radius 1 is 1.29 bits per heavy atom. The molecule has 1 amide bonds. The zero-order valence-corrected chi connectivity index (χ0v) is 10.1. The van der Waals surface area contributed by atoms with Gasteiger partial charge in [-0.15, -0.1) is 0 Å². The fraction of sp³-hybridized carbons (Fsp3) is 0.417. The molecule has 1 aromatic carbocycles. The molecule has 0 unspecified atom stereocenters. The van der Waals surface area contributed by atoms with Gasteiger partial charge in [-0.2, -0.15) is 0 Å². The molecule has 94 valence electrons. The van der Waals surface area contributed by atoms with Crippen LogP contribution in [-0.4, -0.2) is 12.5 Å². The molecule has 1 aromatic rings. The molecule has 3 N–H and O–H groups in total. The minimum atomic E-state index is -0.948. The van der Waals surface area contributed by atoms with Crippen LogP contribution in [0.5, 0.6) is 0 Å². The number of primary amides is 1. The Morgan fingerprint density at radius 2 is 1.88 bits per heavy atom. The molecule has 0 bridgehead atoms. The summed E-state index contributed by atoms with van der Waals surface area (Å²) in [5.41, 5.74) is 4.69. The smallest absolute Gasteiger partial charge is 0.251 e. The minimum absolute atomic E-state index is 0.0618. The molecule has 0 aliphatic carbocycles. The Kier molecular flexibility index (Phi) is 3.70. The molecule has 0 heterocycles. The van der Waals surface area contributed by atoms with Crippen LogP contribution in [0.1, 0.15) is 31.1 Å². The van der Waals surface area contributed by atoms with Crippen molar-refractivity contribution in [2.45, 2.75) is 20.8 Å². The summed E-state index contributed by atoms with van der Waals surface area (Å²) in [6.45, 7) is 6.40. The molecular weight excluding hydrogens is 226 g/mol. The summed E-state index contributed by atoms with van der Waals surface area (Å²) >= 11 is 0. The number of hydrogen-bond donors (Lipinski definition) is 2. The van der Waals surface area contributed by atoms with Crippen LogP contribution in [0.15, 0.2) is 12.1 Å². The van der Waals surface area contributed by atoms with Gasteiger partial charge in [0.05, 0.1) is 11.3 Å². The van der Waals surface area contributed by atoms with Gasteiger partial charge in [0.15, 0.2) is 0 Å². The predicted molar refractivity (Wildman–Crippen MR) is 62.8 cm³/mol. The molecule has 0 saturated heterocycles. The van der Waals surface area contributed by atoms with Gasteiger partial charge in [0, 0.05) is 12.6 Å². The van der Waals surface area contributed by atoms with E-state index in [1.807, 2.05) is 20.8 Å². The lowest BCUT2D eigenvalue weighted by Crippen LogP contribution is -2.20. The average Bonchev–Trinajstić information content (AvgIpc) is 2.14. The Labute approximate surface area is 99.0 Å². The highest BCUT2D eigenvalue weighted by molar-refractivity contribution is 5.94. The van der Waals surface area contributed by atoms with Gasteiger partial charge in [-0.25, -0.2) is 8.78 Å². The zero-order chi connectivity index (χ0) is 13.2. The highest BCUT2D eigenvalue weighted by atomic mass is 19.1. The quantitative estimate of drug-likeness (QED) is 0.855. The van der Waals surface area contributed by atoms with E-state index in [0.717, 1.165) is 6.07 Å². The monoisotopic (exact) mass is 242 g/mol. The molecule has 0 atom stereocenters. The number of hydrogen-bond acceptors (Lipinski definition) is 2. The van der Waals surface area contributed by atoms with Gasteiger partial charge >= 0.3 is 0 Å². The number of anilines is 1. The van der Waals surface area contributed by atoms with E-state index in [9.17, 15) is 13.6 Å². The van der Waals surface area contributed by atoms with Crippen molar-refractivity contribution >= 4 is 11.6 Å². The highest BCUT2D eigenvalue weighted by Crippen LogP contribution is 2.21. The molecule has 0 saturated carbocycles. The largest absolute Gasteiger partial charge is 0.382 e. The predicted octanol–water partition coefficient (Wildman–Crippen LogP) is 2.52. The van der Waals surface area contributed by atoms with Gasteiger partial charge in [0.1, 0.15) is 11.6 Å². The van der Waals surface area contributed by atoms with E-state index in [2.05, 4.69) is 5.32 Å². The standard InChI is InChI=1S/C12H16F2N2O/c1-12(2,3)6-16-10-4-7(11(15)17)8(13)5-9(10)14/h4-5,16H,6H2,1-3H3,(H2,15,17). The summed E-state index contributed by atoms with van der Waals surface area (Å²) in [5, 5.41) is 2.83. The molecule has 0 aliphatic heterocycles. The lowest BCUT2D eigenvalue weighted by molar-refractivity contribution is 0.0996. The van der Waals surface area contributed by atoms with Crippen LogP contribution in [0.3, 0.4) is 0 Å². The second kappa shape index (κ2) is 4.69. The lowest BCUT2D eigenvalue weighted by atomic mass is 9.97. The number of amides is 1. The minimum Gasteiger partial charge on any atom is -0.382 e. The third-order valence-corrected chi connectivity index (χ3v) is 2.13. The molecule has 17 heavy (non-hydrogen) atoms. The maximum Gasteiger partial charge on any atom is 0.251 e. The summed E-state index contributed by atoms with van der Waals surface area (Å²) in [4.78, 5) is 10.9. The van der Waals surface area contributed by atoms with Crippen LogP contribution >= 0.6 is 0 Å².